The SMILES string of the molecule is C[C@H](NC(=O)COC(=O)/C=C/c1ccsc1)c1ccc2c(c1)OCO2. The lowest BCUT2D eigenvalue weighted by molar-refractivity contribution is -0.144. The highest BCUT2D eigenvalue weighted by atomic mass is 32.1. The number of hydrogen-bond acceptors (Lipinski definition) is 6. The second-order valence-electron chi connectivity index (χ2n) is 5.40. The molecule has 0 unspecified atom stereocenters. The molecule has 0 saturated heterocycles. The number of ether oxygens (including phenoxy) is 3. The third-order valence-electron chi connectivity index (χ3n) is 3.57. The van der Waals surface area contributed by atoms with Crippen molar-refractivity contribution in [2.24, 2.45) is 0 Å². The minimum Gasteiger partial charge on any atom is -0.454 e. The summed E-state index contributed by atoms with van der Waals surface area (Å²) in [5.74, 6) is 0.414. The lowest BCUT2D eigenvalue weighted by atomic mass is 10.1. The van der Waals surface area contributed by atoms with Crippen molar-refractivity contribution in [1.29, 1.82) is 0 Å². The van der Waals surface area contributed by atoms with Crippen LogP contribution in [-0.4, -0.2) is 25.3 Å². The standard InChI is InChI=1S/C18H17NO5S/c1-12(14-3-4-15-16(8-14)24-11-23-15)19-17(20)9-22-18(21)5-2-13-6-7-25-10-13/h2-8,10,12H,9,11H2,1H3,(H,19,20)/b5-2+/t12-/m0/s1. The van der Waals surface area contributed by atoms with E-state index in [2.05, 4.69) is 5.32 Å². The van der Waals surface area contributed by atoms with Crippen LogP contribution >= 0.6 is 11.3 Å². The Bertz CT molecular complexity index is 785. The van der Waals surface area contributed by atoms with E-state index in [0.717, 1.165) is 11.1 Å². The molecule has 0 aliphatic carbocycles. The molecule has 1 aliphatic rings. The van der Waals surface area contributed by atoms with Crippen LogP contribution in [0.15, 0.2) is 41.1 Å². The first-order valence-electron chi connectivity index (χ1n) is 7.68. The van der Waals surface area contributed by atoms with E-state index in [4.69, 9.17) is 14.2 Å². The predicted molar refractivity (Wildman–Crippen MR) is 93.4 cm³/mol. The molecule has 1 aromatic carbocycles. The van der Waals surface area contributed by atoms with E-state index in [1.54, 1.807) is 12.1 Å². The predicted octanol–water partition coefficient (Wildman–Crippen LogP) is 2.91. The molecule has 0 radical (unpaired) electrons. The van der Waals surface area contributed by atoms with Crippen molar-refractivity contribution in [3.8, 4) is 11.5 Å². The van der Waals surface area contributed by atoms with Gasteiger partial charge in [-0.2, -0.15) is 11.3 Å². The highest BCUT2D eigenvalue weighted by Gasteiger charge is 2.17. The Morgan fingerprint density at radius 2 is 2.16 bits per heavy atom. The van der Waals surface area contributed by atoms with Crippen molar-refractivity contribution < 1.29 is 23.8 Å². The van der Waals surface area contributed by atoms with Crippen molar-refractivity contribution in [3.05, 3.63) is 52.2 Å². The average molecular weight is 359 g/mol. The molecule has 1 amide bonds. The van der Waals surface area contributed by atoms with E-state index in [9.17, 15) is 9.59 Å². The van der Waals surface area contributed by atoms with Crippen LogP contribution in [0, 0.1) is 0 Å². The van der Waals surface area contributed by atoms with Gasteiger partial charge < -0.3 is 19.5 Å². The Kier molecular flexibility index (Phi) is 5.35. The van der Waals surface area contributed by atoms with Crippen LogP contribution in [-0.2, 0) is 14.3 Å². The number of carbonyl (C=O) groups is 2. The number of esters is 1. The quantitative estimate of drug-likeness (QED) is 0.634. The molecule has 1 atom stereocenters. The summed E-state index contributed by atoms with van der Waals surface area (Å²) in [5.41, 5.74) is 1.80. The zero-order valence-corrected chi connectivity index (χ0v) is 14.4. The third kappa shape index (κ3) is 4.60. The average Bonchev–Trinajstić information content (AvgIpc) is 3.28. The highest BCUT2D eigenvalue weighted by molar-refractivity contribution is 7.08. The minimum atomic E-state index is -0.558. The van der Waals surface area contributed by atoms with Crippen LogP contribution in [0.4, 0.5) is 0 Å². The van der Waals surface area contributed by atoms with Crippen LogP contribution in [0.25, 0.3) is 6.08 Å². The fourth-order valence-electron chi connectivity index (χ4n) is 2.27. The van der Waals surface area contributed by atoms with E-state index in [1.165, 1.54) is 17.4 Å². The van der Waals surface area contributed by atoms with Crippen molar-refractivity contribution in [2.75, 3.05) is 13.4 Å². The van der Waals surface area contributed by atoms with Gasteiger partial charge in [0.1, 0.15) is 0 Å². The van der Waals surface area contributed by atoms with E-state index in [0.29, 0.717) is 11.5 Å². The molecule has 0 fully saturated rings. The molecule has 1 aliphatic heterocycles. The van der Waals surface area contributed by atoms with Crippen LogP contribution in [0.3, 0.4) is 0 Å². The van der Waals surface area contributed by atoms with Crippen LogP contribution in [0.5, 0.6) is 11.5 Å². The summed E-state index contributed by atoms with van der Waals surface area (Å²) in [6.45, 7) is 1.71. The second kappa shape index (κ2) is 7.85. The maximum Gasteiger partial charge on any atom is 0.331 e. The number of rotatable bonds is 6. The molecule has 1 N–H and O–H groups in total. The normalized spacial score (nSPS) is 13.6. The van der Waals surface area contributed by atoms with Gasteiger partial charge in [-0.25, -0.2) is 4.79 Å². The molecule has 2 aromatic rings. The Balaban J connectivity index is 1.46. The lowest BCUT2D eigenvalue weighted by Gasteiger charge is -2.14. The van der Waals surface area contributed by atoms with Crippen molar-refractivity contribution in [3.63, 3.8) is 0 Å². The van der Waals surface area contributed by atoms with Gasteiger partial charge in [0, 0.05) is 6.08 Å². The highest BCUT2D eigenvalue weighted by Crippen LogP contribution is 2.34. The van der Waals surface area contributed by atoms with Crippen molar-refractivity contribution >= 4 is 29.3 Å². The van der Waals surface area contributed by atoms with Gasteiger partial charge in [-0.1, -0.05) is 6.07 Å². The fraction of sp³-hybridized carbons (Fsp3) is 0.222. The van der Waals surface area contributed by atoms with Crippen molar-refractivity contribution in [1.82, 2.24) is 5.32 Å². The number of hydrogen-bond donors (Lipinski definition) is 1. The van der Waals surface area contributed by atoms with Gasteiger partial charge in [0.25, 0.3) is 5.91 Å². The van der Waals surface area contributed by atoms with E-state index >= 15 is 0 Å². The van der Waals surface area contributed by atoms with Gasteiger partial charge in [-0.05, 0) is 53.1 Å². The molecule has 6 nitrogen and oxygen atoms in total. The van der Waals surface area contributed by atoms with Gasteiger partial charge in [0.2, 0.25) is 6.79 Å². The van der Waals surface area contributed by atoms with E-state index in [-0.39, 0.29) is 25.3 Å². The zero-order chi connectivity index (χ0) is 17.6. The van der Waals surface area contributed by atoms with Gasteiger partial charge in [-0.15, -0.1) is 0 Å². The summed E-state index contributed by atoms with van der Waals surface area (Å²) in [7, 11) is 0. The number of amides is 1. The third-order valence-corrected chi connectivity index (χ3v) is 4.28. The summed E-state index contributed by atoms with van der Waals surface area (Å²) in [5, 5.41) is 6.60. The first-order chi connectivity index (χ1) is 12.1. The summed E-state index contributed by atoms with van der Waals surface area (Å²) < 4.78 is 15.5. The lowest BCUT2D eigenvalue weighted by Crippen LogP contribution is -2.30. The Hall–Kier alpha value is -2.80. The Morgan fingerprint density at radius 1 is 1.32 bits per heavy atom. The smallest absolute Gasteiger partial charge is 0.331 e. The summed E-state index contributed by atoms with van der Waals surface area (Å²) in [6.07, 6.45) is 2.95. The van der Waals surface area contributed by atoms with Gasteiger partial charge in [-0.3, -0.25) is 4.79 Å². The topological polar surface area (TPSA) is 73.9 Å². The number of benzene rings is 1. The number of thiophene rings is 1. The molecule has 25 heavy (non-hydrogen) atoms. The molecular weight excluding hydrogens is 342 g/mol. The van der Waals surface area contributed by atoms with Gasteiger partial charge in [0.05, 0.1) is 6.04 Å². The molecule has 0 saturated carbocycles. The van der Waals surface area contributed by atoms with Gasteiger partial charge >= 0.3 is 5.97 Å². The molecular formula is C18H17NO5S. The first-order valence-corrected chi connectivity index (χ1v) is 8.62. The molecule has 3 rings (SSSR count). The fourth-order valence-corrected chi connectivity index (χ4v) is 2.90. The Morgan fingerprint density at radius 3 is 2.96 bits per heavy atom. The first kappa shape index (κ1) is 17.0. The maximum atomic E-state index is 11.9. The molecule has 7 heteroatoms. The molecule has 1 aromatic heterocycles. The van der Waals surface area contributed by atoms with Crippen LogP contribution in [0.1, 0.15) is 24.1 Å². The molecule has 2 heterocycles. The number of carbonyl (C=O) groups excluding carboxylic acids is 2. The maximum absolute atomic E-state index is 11.9. The largest absolute Gasteiger partial charge is 0.454 e. The zero-order valence-electron chi connectivity index (χ0n) is 13.6. The molecule has 130 valence electrons. The monoisotopic (exact) mass is 359 g/mol. The van der Waals surface area contributed by atoms with Crippen molar-refractivity contribution in [2.45, 2.75) is 13.0 Å². The number of fused-ring (bicyclic) bond motifs is 1. The van der Waals surface area contributed by atoms with E-state index < -0.39 is 5.97 Å². The molecule has 0 spiro atoms. The second-order valence-corrected chi connectivity index (χ2v) is 6.18. The van der Waals surface area contributed by atoms with E-state index in [1.807, 2.05) is 35.9 Å². The summed E-state index contributed by atoms with van der Waals surface area (Å²) in [4.78, 5) is 23.5. The van der Waals surface area contributed by atoms with Crippen LogP contribution in [0.2, 0.25) is 0 Å². The minimum absolute atomic E-state index is 0.203. The van der Waals surface area contributed by atoms with Crippen LogP contribution < -0.4 is 14.8 Å². The summed E-state index contributed by atoms with van der Waals surface area (Å²) >= 11 is 1.54. The summed E-state index contributed by atoms with van der Waals surface area (Å²) in [6, 6.07) is 7.11. The van der Waals surface area contributed by atoms with Gasteiger partial charge in [0.15, 0.2) is 18.1 Å². The Labute approximate surface area is 149 Å². The number of nitrogens with one attached hydrogen (secondary N) is 1. The molecule has 0 bridgehead atoms.